The maximum Gasteiger partial charge on any atom is 0.0759 e. The number of rotatable bonds is 6. The molecule has 1 N–H and O–H groups in total. The molecule has 0 radical (unpaired) electrons. The summed E-state index contributed by atoms with van der Waals surface area (Å²) in [6.45, 7) is 9.88. The van der Waals surface area contributed by atoms with E-state index in [-0.39, 0.29) is 0 Å². The van der Waals surface area contributed by atoms with Crippen molar-refractivity contribution in [3.63, 3.8) is 0 Å². The monoisotopic (exact) mass is 224 g/mol. The second-order valence-electron chi connectivity index (χ2n) is 4.75. The second-order valence-corrected chi connectivity index (χ2v) is 4.75. The summed E-state index contributed by atoms with van der Waals surface area (Å²) in [6.07, 6.45) is 2.97. The molecular formula is C12H24N4. The van der Waals surface area contributed by atoms with Gasteiger partial charge in [-0.05, 0) is 25.3 Å². The maximum absolute atomic E-state index is 4.14. The molecule has 16 heavy (non-hydrogen) atoms. The van der Waals surface area contributed by atoms with E-state index in [0.29, 0.717) is 17.9 Å². The normalized spacial score (nSPS) is 15.4. The standard InChI is InChI=1S/C12H24N4/c1-6-7-16-11(8-14-15-16)12(13-5)10(4)9(2)3/h8-10,12-13H,6-7H2,1-5H3. The summed E-state index contributed by atoms with van der Waals surface area (Å²) < 4.78 is 2.01. The third-order valence-corrected chi connectivity index (χ3v) is 3.29. The van der Waals surface area contributed by atoms with Crippen molar-refractivity contribution in [3.05, 3.63) is 11.9 Å². The molecule has 1 aromatic rings. The van der Waals surface area contributed by atoms with Crippen LogP contribution in [0.5, 0.6) is 0 Å². The average molecular weight is 224 g/mol. The Morgan fingerprint density at radius 2 is 2.06 bits per heavy atom. The maximum atomic E-state index is 4.14. The van der Waals surface area contributed by atoms with Gasteiger partial charge in [0.2, 0.25) is 0 Å². The van der Waals surface area contributed by atoms with Gasteiger partial charge < -0.3 is 5.32 Å². The first-order valence-corrected chi connectivity index (χ1v) is 6.17. The molecule has 0 saturated carbocycles. The third-order valence-electron chi connectivity index (χ3n) is 3.29. The van der Waals surface area contributed by atoms with Gasteiger partial charge in [-0.15, -0.1) is 5.10 Å². The number of aryl methyl sites for hydroxylation is 1. The van der Waals surface area contributed by atoms with Crippen LogP contribution in [-0.4, -0.2) is 22.0 Å². The lowest BCUT2D eigenvalue weighted by Gasteiger charge is -2.26. The fourth-order valence-electron chi connectivity index (χ4n) is 1.96. The highest BCUT2D eigenvalue weighted by molar-refractivity contribution is 5.04. The van der Waals surface area contributed by atoms with E-state index in [1.165, 1.54) is 5.69 Å². The smallest absolute Gasteiger partial charge is 0.0759 e. The predicted molar refractivity (Wildman–Crippen MR) is 66.1 cm³/mol. The van der Waals surface area contributed by atoms with E-state index in [4.69, 9.17) is 0 Å². The molecule has 0 aliphatic carbocycles. The molecule has 4 heteroatoms. The molecule has 0 amide bonds. The largest absolute Gasteiger partial charge is 0.311 e. The number of aromatic nitrogens is 3. The first-order chi connectivity index (χ1) is 7.61. The lowest BCUT2D eigenvalue weighted by molar-refractivity contribution is 0.301. The minimum absolute atomic E-state index is 0.335. The zero-order valence-electron chi connectivity index (χ0n) is 11.1. The van der Waals surface area contributed by atoms with Crippen LogP contribution in [0.3, 0.4) is 0 Å². The Labute approximate surface area is 98.4 Å². The van der Waals surface area contributed by atoms with Crippen LogP contribution >= 0.6 is 0 Å². The van der Waals surface area contributed by atoms with Gasteiger partial charge in [0.15, 0.2) is 0 Å². The molecular weight excluding hydrogens is 200 g/mol. The molecule has 0 bridgehead atoms. The lowest BCUT2D eigenvalue weighted by Crippen LogP contribution is -2.29. The van der Waals surface area contributed by atoms with Gasteiger partial charge in [-0.25, -0.2) is 4.68 Å². The zero-order valence-corrected chi connectivity index (χ0v) is 11.1. The van der Waals surface area contributed by atoms with Crippen LogP contribution in [-0.2, 0) is 6.54 Å². The molecule has 0 fully saturated rings. The van der Waals surface area contributed by atoms with E-state index in [1.807, 2.05) is 17.9 Å². The minimum atomic E-state index is 0.335. The first-order valence-electron chi connectivity index (χ1n) is 6.17. The van der Waals surface area contributed by atoms with Crippen LogP contribution in [0.25, 0.3) is 0 Å². The van der Waals surface area contributed by atoms with Crippen LogP contribution in [0.15, 0.2) is 6.20 Å². The van der Waals surface area contributed by atoms with Crippen molar-refractivity contribution < 1.29 is 0 Å². The van der Waals surface area contributed by atoms with E-state index in [2.05, 4.69) is 43.3 Å². The van der Waals surface area contributed by atoms with Gasteiger partial charge in [0.25, 0.3) is 0 Å². The molecule has 1 heterocycles. The first kappa shape index (κ1) is 13.2. The van der Waals surface area contributed by atoms with Gasteiger partial charge in [0.1, 0.15) is 0 Å². The molecule has 2 atom stereocenters. The SMILES string of the molecule is CCCn1nncc1C(NC)C(C)C(C)C. The summed E-state index contributed by atoms with van der Waals surface area (Å²) in [5, 5.41) is 11.6. The average Bonchev–Trinajstić information content (AvgIpc) is 2.68. The Hall–Kier alpha value is -0.900. The highest BCUT2D eigenvalue weighted by atomic mass is 15.4. The molecule has 92 valence electrons. The fourth-order valence-corrected chi connectivity index (χ4v) is 1.96. The molecule has 4 nitrogen and oxygen atoms in total. The molecule has 0 saturated heterocycles. The van der Waals surface area contributed by atoms with Crippen LogP contribution in [0.4, 0.5) is 0 Å². The Balaban J connectivity index is 2.89. The fraction of sp³-hybridized carbons (Fsp3) is 0.833. The van der Waals surface area contributed by atoms with Gasteiger partial charge in [0.05, 0.1) is 17.9 Å². The van der Waals surface area contributed by atoms with E-state index < -0.39 is 0 Å². The topological polar surface area (TPSA) is 42.7 Å². The van der Waals surface area contributed by atoms with E-state index in [1.54, 1.807) is 0 Å². The van der Waals surface area contributed by atoms with Gasteiger partial charge in [-0.3, -0.25) is 0 Å². The van der Waals surface area contributed by atoms with Crippen molar-refractivity contribution >= 4 is 0 Å². The molecule has 0 spiro atoms. The van der Waals surface area contributed by atoms with E-state index in [9.17, 15) is 0 Å². The van der Waals surface area contributed by atoms with Crippen LogP contribution in [0, 0.1) is 11.8 Å². The molecule has 0 aliphatic rings. The van der Waals surface area contributed by atoms with Gasteiger partial charge >= 0.3 is 0 Å². The zero-order chi connectivity index (χ0) is 12.1. The predicted octanol–water partition coefficient (Wildman–Crippen LogP) is 2.24. The lowest BCUT2D eigenvalue weighted by atomic mass is 9.88. The highest BCUT2D eigenvalue weighted by Gasteiger charge is 2.23. The summed E-state index contributed by atoms with van der Waals surface area (Å²) in [7, 11) is 2.01. The summed E-state index contributed by atoms with van der Waals surface area (Å²) in [6, 6.07) is 0.335. The Kier molecular flexibility index (Phi) is 4.93. The van der Waals surface area contributed by atoms with Crippen LogP contribution in [0.2, 0.25) is 0 Å². The van der Waals surface area contributed by atoms with Crippen molar-refractivity contribution in [2.24, 2.45) is 11.8 Å². The molecule has 1 aromatic heterocycles. The third kappa shape index (κ3) is 2.82. The van der Waals surface area contributed by atoms with Crippen molar-refractivity contribution in [1.29, 1.82) is 0 Å². The molecule has 0 aliphatic heterocycles. The number of nitrogens with one attached hydrogen (secondary N) is 1. The summed E-state index contributed by atoms with van der Waals surface area (Å²) in [5.74, 6) is 1.21. The highest BCUT2D eigenvalue weighted by Crippen LogP contribution is 2.26. The van der Waals surface area contributed by atoms with Crippen LogP contribution in [0.1, 0.15) is 45.9 Å². The number of hydrogen-bond acceptors (Lipinski definition) is 3. The summed E-state index contributed by atoms with van der Waals surface area (Å²) in [4.78, 5) is 0. The molecule has 2 unspecified atom stereocenters. The number of hydrogen-bond donors (Lipinski definition) is 1. The van der Waals surface area contributed by atoms with Crippen molar-refractivity contribution in [2.45, 2.75) is 46.7 Å². The quantitative estimate of drug-likeness (QED) is 0.806. The minimum Gasteiger partial charge on any atom is -0.311 e. The summed E-state index contributed by atoms with van der Waals surface area (Å²) >= 11 is 0. The van der Waals surface area contributed by atoms with E-state index in [0.717, 1.165) is 13.0 Å². The Morgan fingerprint density at radius 3 is 2.56 bits per heavy atom. The van der Waals surface area contributed by atoms with E-state index >= 15 is 0 Å². The van der Waals surface area contributed by atoms with Gasteiger partial charge in [-0.1, -0.05) is 32.9 Å². The molecule has 0 aromatic carbocycles. The molecule has 1 rings (SSSR count). The van der Waals surface area contributed by atoms with Crippen molar-refractivity contribution in [1.82, 2.24) is 20.3 Å². The van der Waals surface area contributed by atoms with Crippen molar-refractivity contribution in [3.8, 4) is 0 Å². The van der Waals surface area contributed by atoms with Gasteiger partial charge in [-0.2, -0.15) is 0 Å². The second kappa shape index (κ2) is 5.99. The number of nitrogens with zero attached hydrogens (tertiary/aromatic N) is 3. The summed E-state index contributed by atoms with van der Waals surface area (Å²) in [5.41, 5.74) is 1.20. The Morgan fingerprint density at radius 1 is 1.38 bits per heavy atom. The van der Waals surface area contributed by atoms with Crippen molar-refractivity contribution in [2.75, 3.05) is 7.05 Å². The van der Waals surface area contributed by atoms with Gasteiger partial charge in [0, 0.05) is 6.54 Å². The Bertz CT molecular complexity index is 306. The van der Waals surface area contributed by atoms with Crippen LogP contribution < -0.4 is 5.32 Å².